The molecule has 1 aromatic heterocycles. The molecule has 32 heavy (non-hydrogen) atoms. The second kappa shape index (κ2) is 14.4. The van der Waals surface area contributed by atoms with Crippen LogP contribution in [0.4, 0.5) is 0 Å². The van der Waals surface area contributed by atoms with Crippen LogP contribution in [0, 0.1) is 0 Å². The summed E-state index contributed by atoms with van der Waals surface area (Å²) in [6.07, 6.45) is 13.5. The molecule has 2 rings (SSSR count). The molecule has 0 unspecified atom stereocenters. The predicted octanol–water partition coefficient (Wildman–Crippen LogP) is 4.93. The minimum atomic E-state index is -0.477. The van der Waals surface area contributed by atoms with E-state index in [4.69, 9.17) is 16.0 Å². The van der Waals surface area contributed by atoms with Crippen molar-refractivity contribution < 1.29 is 14.0 Å². The molecule has 0 saturated carbocycles. The van der Waals surface area contributed by atoms with Crippen LogP contribution in [0.5, 0.6) is 0 Å². The summed E-state index contributed by atoms with van der Waals surface area (Å²) in [5.41, 5.74) is 2.57. The van der Waals surface area contributed by atoms with E-state index in [9.17, 15) is 14.4 Å². The first kappa shape index (κ1) is 25.6. The normalized spacial score (nSPS) is 11.2. The van der Waals surface area contributed by atoms with Gasteiger partial charge < -0.3 is 9.73 Å². The molecule has 0 aliphatic rings. The second-order valence-corrected chi connectivity index (χ2v) is 8.25. The van der Waals surface area contributed by atoms with E-state index < -0.39 is 5.91 Å². The Morgan fingerprint density at radius 3 is 2.44 bits per heavy atom. The molecule has 0 aliphatic heterocycles. The lowest BCUT2D eigenvalue weighted by atomic mass is 10.1. The van der Waals surface area contributed by atoms with Gasteiger partial charge in [0.05, 0.1) is 23.7 Å². The lowest BCUT2D eigenvalue weighted by Gasteiger charge is -2.05. The number of hydrazone groups is 1. The maximum atomic E-state index is 12.4. The molecule has 174 valence electrons. The first-order valence-corrected chi connectivity index (χ1v) is 11.7. The molecule has 0 fully saturated rings. The average Bonchev–Trinajstić information content (AvgIpc) is 2.78. The number of halogens is 1. The van der Waals surface area contributed by atoms with Crippen molar-refractivity contribution in [3.05, 3.63) is 45.3 Å². The molecule has 0 aliphatic carbocycles. The van der Waals surface area contributed by atoms with Gasteiger partial charge in [-0.1, -0.05) is 69.9 Å². The van der Waals surface area contributed by atoms with Crippen molar-refractivity contribution in [1.29, 1.82) is 0 Å². The summed E-state index contributed by atoms with van der Waals surface area (Å²) < 4.78 is 5.38. The Balaban J connectivity index is 1.62. The Labute approximate surface area is 193 Å². The van der Waals surface area contributed by atoms with Gasteiger partial charge in [-0.05, 0) is 24.6 Å². The van der Waals surface area contributed by atoms with Crippen LogP contribution >= 0.6 is 11.6 Å². The van der Waals surface area contributed by atoms with Crippen molar-refractivity contribution in [2.75, 3.05) is 6.54 Å². The fraction of sp³-hybridized carbons (Fsp3) is 0.500. The molecule has 1 aromatic carbocycles. The number of carbonyl (C=O) groups excluding carboxylic acids is 2. The number of carbonyl (C=O) groups is 2. The monoisotopic (exact) mass is 461 g/mol. The fourth-order valence-corrected chi connectivity index (χ4v) is 3.46. The fourth-order valence-electron chi connectivity index (χ4n) is 3.28. The van der Waals surface area contributed by atoms with Crippen LogP contribution in [-0.4, -0.2) is 24.6 Å². The van der Waals surface area contributed by atoms with Gasteiger partial charge in [-0.2, -0.15) is 5.10 Å². The van der Waals surface area contributed by atoms with E-state index >= 15 is 0 Å². The molecule has 0 bridgehead atoms. The summed E-state index contributed by atoms with van der Waals surface area (Å²) in [5, 5.41) is 7.09. The summed E-state index contributed by atoms with van der Waals surface area (Å²) in [5.74, 6) is -0.631. The van der Waals surface area contributed by atoms with E-state index in [-0.39, 0.29) is 23.4 Å². The second-order valence-electron chi connectivity index (χ2n) is 7.81. The summed E-state index contributed by atoms with van der Waals surface area (Å²) in [4.78, 5) is 36.1. The number of rotatable bonds is 14. The molecular formula is C24H32ClN3O4. The molecule has 0 saturated heterocycles. The Morgan fingerprint density at radius 1 is 1.03 bits per heavy atom. The summed E-state index contributed by atoms with van der Waals surface area (Å²) in [6.45, 7) is 2.04. The van der Waals surface area contributed by atoms with Gasteiger partial charge in [0.2, 0.25) is 11.3 Å². The maximum absolute atomic E-state index is 12.4. The highest BCUT2D eigenvalue weighted by Gasteiger charge is 2.07. The van der Waals surface area contributed by atoms with Crippen molar-refractivity contribution in [3.8, 4) is 0 Å². The summed E-state index contributed by atoms with van der Waals surface area (Å²) >= 11 is 5.92. The van der Waals surface area contributed by atoms with Crippen LogP contribution in [0.3, 0.4) is 0 Å². The van der Waals surface area contributed by atoms with E-state index in [1.807, 2.05) is 0 Å². The Bertz CT molecular complexity index is 971. The zero-order valence-corrected chi connectivity index (χ0v) is 19.4. The van der Waals surface area contributed by atoms with Crippen LogP contribution in [0.15, 0.2) is 38.8 Å². The maximum Gasteiger partial charge on any atom is 0.259 e. The number of fused-ring (bicyclic) bond motifs is 1. The standard InChI is InChI=1S/C24H32ClN3O4/c1-2-3-4-5-6-7-8-9-10-11-22(29)26-16-23(30)28-27-15-18-17-32-21-13-12-19(25)14-20(21)24(18)31/h12-15,17H,2-11,16H2,1H3,(H,26,29)(H,28,30). The van der Waals surface area contributed by atoms with Crippen molar-refractivity contribution in [2.45, 2.75) is 71.1 Å². The van der Waals surface area contributed by atoms with Gasteiger partial charge in [0.15, 0.2) is 0 Å². The quantitative estimate of drug-likeness (QED) is 0.236. The molecular weight excluding hydrogens is 430 g/mol. The molecule has 0 spiro atoms. The molecule has 0 atom stereocenters. The third kappa shape index (κ3) is 9.22. The molecule has 8 heteroatoms. The molecule has 2 amide bonds. The molecule has 2 aromatic rings. The van der Waals surface area contributed by atoms with Crippen LogP contribution in [0.25, 0.3) is 11.0 Å². The van der Waals surface area contributed by atoms with Gasteiger partial charge in [-0.3, -0.25) is 14.4 Å². The van der Waals surface area contributed by atoms with Gasteiger partial charge in [0, 0.05) is 11.4 Å². The van der Waals surface area contributed by atoms with Crippen molar-refractivity contribution in [2.24, 2.45) is 5.10 Å². The minimum Gasteiger partial charge on any atom is -0.463 e. The van der Waals surface area contributed by atoms with Crippen molar-refractivity contribution in [1.82, 2.24) is 10.7 Å². The lowest BCUT2D eigenvalue weighted by molar-refractivity contribution is -0.126. The largest absolute Gasteiger partial charge is 0.463 e. The van der Waals surface area contributed by atoms with Crippen LogP contribution < -0.4 is 16.2 Å². The highest BCUT2D eigenvalue weighted by atomic mass is 35.5. The first-order chi connectivity index (χ1) is 15.5. The molecule has 2 N–H and O–H groups in total. The van der Waals surface area contributed by atoms with E-state index in [2.05, 4.69) is 22.8 Å². The van der Waals surface area contributed by atoms with Gasteiger partial charge in [-0.25, -0.2) is 5.43 Å². The topological polar surface area (TPSA) is 101 Å². The minimum absolute atomic E-state index is 0.154. The number of amides is 2. The summed E-state index contributed by atoms with van der Waals surface area (Å²) in [6, 6.07) is 4.76. The first-order valence-electron chi connectivity index (χ1n) is 11.3. The van der Waals surface area contributed by atoms with E-state index in [1.54, 1.807) is 12.1 Å². The third-order valence-corrected chi connectivity index (χ3v) is 5.34. The number of hydrogen-bond donors (Lipinski definition) is 2. The summed E-state index contributed by atoms with van der Waals surface area (Å²) in [7, 11) is 0. The van der Waals surface area contributed by atoms with Crippen LogP contribution in [-0.2, 0) is 9.59 Å². The zero-order chi connectivity index (χ0) is 23.2. The predicted molar refractivity (Wildman–Crippen MR) is 128 cm³/mol. The Morgan fingerprint density at radius 2 is 1.72 bits per heavy atom. The highest BCUT2D eigenvalue weighted by molar-refractivity contribution is 6.31. The Kier molecular flexibility index (Phi) is 11.5. The van der Waals surface area contributed by atoms with Gasteiger partial charge >= 0.3 is 0 Å². The average molecular weight is 462 g/mol. The van der Waals surface area contributed by atoms with Gasteiger partial charge in [0.25, 0.3) is 5.91 Å². The molecule has 0 radical (unpaired) electrons. The molecule has 7 nitrogen and oxygen atoms in total. The third-order valence-electron chi connectivity index (χ3n) is 5.11. The van der Waals surface area contributed by atoms with Gasteiger partial charge in [-0.15, -0.1) is 0 Å². The van der Waals surface area contributed by atoms with Crippen LogP contribution in [0.1, 0.15) is 76.7 Å². The van der Waals surface area contributed by atoms with Crippen molar-refractivity contribution in [3.63, 3.8) is 0 Å². The molecule has 1 heterocycles. The zero-order valence-electron chi connectivity index (χ0n) is 18.6. The number of unbranched alkanes of at least 4 members (excludes halogenated alkanes) is 8. The van der Waals surface area contributed by atoms with E-state index in [1.165, 1.54) is 57.1 Å². The number of nitrogens with one attached hydrogen (secondary N) is 2. The number of hydrogen-bond acceptors (Lipinski definition) is 5. The van der Waals surface area contributed by atoms with E-state index in [0.717, 1.165) is 19.3 Å². The smallest absolute Gasteiger partial charge is 0.259 e. The SMILES string of the molecule is CCCCCCCCCCCC(=O)NCC(=O)NN=Cc1coc2ccc(Cl)cc2c1=O. The number of benzene rings is 1. The lowest BCUT2D eigenvalue weighted by Crippen LogP contribution is -2.34. The number of nitrogens with zero attached hydrogens (tertiary/aromatic N) is 1. The van der Waals surface area contributed by atoms with Crippen molar-refractivity contribution >= 4 is 40.6 Å². The van der Waals surface area contributed by atoms with Gasteiger partial charge in [0.1, 0.15) is 11.8 Å². The van der Waals surface area contributed by atoms with Crippen LogP contribution in [0.2, 0.25) is 5.02 Å². The Hall–Kier alpha value is -2.67. The van der Waals surface area contributed by atoms with E-state index in [0.29, 0.717) is 22.4 Å². The highest BCUT2D eigenvalue weighted by Crippen LogP contribution is 2.16.